The van der Waals surface area contributed by atoms with E-state index >= 15 is 0 Å². The molecule has 51 heavy (non-hydrogen) atoms. The Morgan fingerprint density at radius 2 is 1.71 bits per heavy atom. The van der Waals surface area contributed by atoms with E-state index in [0.717, 1.165) is 62.5 Å². The minimum atomic E-state index is -1.28. The van der Waals surface area contributed by atoms with Crippen LogP contribution in [0.4, 0.5) is 9.18 Å². The van der Waals surface area contributed by atoms with E-state index in [-0.39, 0.29) is 23.0 Å². The van der Waals surface area contributed by atoms with Crippen LogP contribution in [0.25, 0.3) is 27.8 Å². The van der Waals surface area contributed by atoms with Gasteiger partial charge in [-0.1, -0.05) is 50.2 Å². The zero-order valence-corrected chi connectivity index (χ0v) is 29.3. The lowest BCUT2D eigenvalue weighted by atomic mass is 9.90. The minimum absolute atomic E-state index is 0.000918. The van der Waals surface area contributed by atoms with E-state index in [2.05, 4.69) is 56.7 Å². The monoisotopic (exact) mass is 699 g/mol. The molecular weight excluding hydrogens is 653 g/mol. The number of benzene rings is 2. The van der Waals surface area contributed by atoms with Gasteiger partial charge in [0.2, 0.25) is 5.91 Å². The lowest BCUT2D eigenvalue weighted by Crippen LogP contribution is -2.52. The van der Waals surface area contributed by atoms with Gasteiger partial charge < -0.3 is 20.6 Å². The third-order valence-corrected chi connectivity index (χ3v) is 10.1. The van der Waals surface area contributed by atoms with Gasteiger partial charge in [0.05, 0.1) is 17.3 Å². The van der Waals surface area contributed by atoms with Gasteiger partial charge in [0.25, 0.3) is 5.56 Å². The molecule has 1 saturated heterocycles. The van der Waals surface area contributed by atoms with E-state index in [1.165, 1.54) is 14.7 Å². The molecule has 1 aliphatic carbocycles. The molecule has 270 valence electrons. The summed E-state index contributed by atoms with van der Waals surface area (Å²) in [5, 5.41) is 14.4. The summed E-state index contributed by atoms with van der Waals surface area (Å²) < 4.78 is 17.1. The van der Waals surface area contributed by atoms with Crippen molar-refractivity contribution in [3.63, 3.8) is 0 Å². The quantitative estimate of drug-likeness (QED) is 0.234. The Labute approximate surface area is 295 Å². The summed E-state index contributed by atoms with van der Waals surface area (Å²) in [5.41, 5.74) is 2.47. The van der Waals surface area contributed by atoms with Crippen molar-refractivity contribution in [2.75, 3.05) is 33.2 Å². The van der Waals surface area contributed by atoms with Gasteiger partial charge in [-0.3, -0.25) is 19.1 Å². The molecule has 1 saturated carbocycles. The molecule has 0 radical (unpaired) electrons. The predicted octanol–water partition coefficient (Wildman–Crippen LogP) is 4.38. The number of nitrogens with one attached hydrogen (secondary N) is 2. The Morgan fingerprint density at radius 1 is 0.961 bits per heavy atom. The number of aromatic nitrogens is 3. The Hall–Kier alpha value is -4.88. The molecular formula is C38H46FN7O5. The Morgan fingerprint density at radius 3 is 2.41 bits per heavy atom. The van der Waals surface area contributed by atoms with E-state index in [0.29, 0.717) is 31.4 Å². The topological polar surface area (TPSA) is 142 Å². The van der Waals surface area contributed by atoms with E-state index in [1.807, 2.05) is 18.2 Å². The fourth-order valence-corrected chi connectivity index (χ4v) is 7.32. The molecule has 3 N–H and O–H groups in total. The van der Waals surface area contributed by atoms with Gasteiger partial charge in [0, 0.05) is 31.7 Å². The first-order valence-corrected chi connectivity index (χ1v) is 17.7. The number of pyridine rings is 1. The Kier molecular flexibility index (Phi) is 11.0. The molecule has 2 aromatic heterocycles. The highest BCUT2D eigenvalue weighted by atomic mass is 19.1. The van der Waals surface area contributed by atoms with Gasteiger partial charge in [-0.15, -0.1) is 0 Å². The number of hydrogen-bond donors (Lipinski definition) is 3. The Balaban J connectivity index is 1.26. The summed E-state index contributed by atoms with van der Waals surface area (Å²) in [7, 11) is 2.16. The number of carboxylic acid groups (broad SMARTS) is 1. The van der Waals surface area contributed by atoms with Crippen molar-refractivity contribution in [3.05, 3.63) is 93.0 Å². The number of halogens is 1. The minimum Gasteiger partial charge on any atom is -0.465 e. The molecule has 13 heteroatoms. The number of carbonyl (C=O) groups is 2. The first-order valence-electron chi connectivity index (χ1n) is 17.7. The van der Waals surface area contributed by atoms with Crippen LogP contribution in [0.3, 0.4) is 0 Å². The van der Waals surface area contributed by atoms with Gasteiger partial charge in [-0.05, 0) is 93.0 Å². The number of amides is 2. The molecule has 1 atom stereocenters. The van der Waals surface area contributed by atoms with Crippen LogP contribution in [0.2, 0.25) is 0 Å². The molecule has 2 aromatic carbocycles. The zero-order valence-electron chi connectivity index (χ0n) is 29.3. The third kappa shape index (κ3) is 8.20. The van der Waals surface area contributed by atoms with Gasteiger partial charge in [0.1, 0.15) is 11.9 Å². The molecule has 12 nitrogen and oxygen atoms in total. The standard InChI is InChI=1S/C38H46FN7O5/c1-24(2)33(42-37(49)50)35(47)41-29-12-14-30(15-13-29)46-36(48)32-21-28(39)22-40-34(32)45(38(46)51)31-7-4-6-27(20-31)26-10-8-25(9-11-26)23-44-17-5-16-43(3)18-19-44/h4,6-11,20-22,24,29-30,33,42H,5,12-19,23H2,1-3H3,(H,41,47)(H,49,50)/t29-,30+,33-/m1/s1. The van der Waals surface area contributed by atoms with Crippen LogP contribution < -0.4 is 21.9 Å². The van der Waals surface area contributed by atoms with Crippen LogP contribution in [0.1, 0.15) is 57.6 Å². The van der Waals surface area contributed by atoms with Gasteiger partial charge in [-0.25, -0.2) is 23.5 Å². The number of nitrogens with zero attached hydrogens (tertiary/aromatic N) is 5. The first kappa shape index (κ1) is 35.9. The summed E-state index contributed by atoms with van der Waals surface area (Å²) in [6, 6.07) is 15.4. The van der Waals surface area contributed by atoms with Crippen molar-refractivity contribution in [2.45, 2.75) is 70.6 Å². The molecule has 2 aliphatic rings. The molecule has 2 amide bonds. The molecule has 3 heterocycles. The van der Waals surface area contributed by atoms with Crippen molar-refractivity contribution >= 4 is 23.0 Å². The average molecular weight is 700 g/mol. The Bertz CT molecular complexity index is 2000. The highest BCUT2D eigenvalue weighted by Crippen LogP contribution is 2.29. The number of rotatable bonds is 9. The number of carbonyl (C=O) groups excluding carboxylic acids is 1. The maximum absolute atomic E-state index is 14.5. The molecule has 1 aliphatic heterocycles. The fourth-order valence-electron chi connectivity index (χ4n) is 7.32. The van der Waals surface area contributed by atoms with E-state index in [9.17, 15) is 23.6 Å². The maximum Gasteiger partial charge on any atom is 0.405 e. The van der Waals surface area contributed by atoms with E-state index < -0.39 is 41.2 Å². The van der Waals surface area contributed by atoms with Crippen LogP contribution in [-0.4, -0.2) is 86.3 Å². The smallest absolute Gasteiger partial charge is 0.405 e. The normalized spacial score (nSPS) is 19.5. The summed E-state index contributed by atoms with van der Waals surface area (Å²) in [6.07, 6.45) is 2.64. The zero-order chi connectivity index (χ0) is 36.2. The summed E-state index contributed by atoms with van der Waals surface area (Å²) in [5.74, 6) is -1.35. The van der Waals surface area contributed by atoms with Crippen LogP contribution in [0.5, 0.6) is 0 Å². The predicted molar refractivity (Wildman–Crippen MR) is 194 cm³/mol. The van der Waals surface area contributed by atoms with Gasteiger partial charge in [-0.2, -0.15) is 0 Å². The van der Waals surface area contributed by atoms with Crippen molar-refractivity contribution in [2.24, 2.45) is 5.92 Å². The highest BCUT2D eigenvalue weighted by Gasteiger charge is 2.31. The van der Waals surface area contributed by atoms with Crippen LogP contribution in [0, 0.1) is 11.7 Å². The molecule has 0 bridgehead atoms. The molecule has 0 spiro atoms. The average Bonchev–Trinajstić information content (AvgIpc) is 3.31. The third-order valence-electron chi connectivity index (χ3n) is 10.1. The van der Waals surface area contributed by atoms with Crippen LogP contribution in [0.15, 0.2) is 70.4 Å². The fraction of sp³-hybridized carbons (Fsp3) is 0.447. The van der Waals surface area contributed by atoms with Crippen LogP contribution >= 0.6 is 0 Å². The molecule has 6 rings (SSSR count). The molecule has 0 unspecified atom stereocenters. The second-order valence-corrected chi connectivity index (χ2v) is 14.2. The van der Waals surface area contributed by atoms with Gasteiger partial charge in [0.15, 0.2) is 5.65 Å². The van der Waals surface area contributed by atoms with Gasteiger partial charge >= 0.3 is 11.8 Å². The second-order valence-electron chi connectivity index (χ2n) is 14.2. The van der Waals surface area contributed by atoms with Crippen molar-refractivity contribution in [1.82, 2.24) is 34.6 Å². The number of likely N-dealkylation sites (N-methyl/N-ethyl adjacent to an activating group) is 1. The molecule has 2 fully saturated rings. The van der Waals surface area contributed by atoms with E-state index in [4.69, 9.17) is 5.11 Å². The summed E-state index contributed by atoms with van der Waals surface area (Å²) >= 11 is 0. The lowest BCUT2D eigenvalue weighted by Gasteiger charge is -2.31. The SMILES string of the molecule is CC(C)[C@@H](NC(=O)O)C(=O)N[C@H]1CC[C@@H](n2c(=O)c3cc(F)cnc3n(-c3cccc(-c4ccc(CN5CCCN(C)CC5)cc4)c3)c2=O)CC1. The summed E-state index contributed by atoms with van der Waals surface area (Å²) in [6.45, 7) is 8.67. The first-order chi connectivity index (χ1) is 24.5. The van der Waals surface area contributed by atoms with Crippen molar-refractivity contribution < 1.29 is 19.1 Å². The van der Waals surface area contributed by atoms with Crippen molar-refractivity contribution in [3.8, 4) is 16.8 Å². The molecule has 4 aromatic rings. The second kappa shape index (κ2) is 15.6. The van der Waals surface area contributed by atoms with Crippen molar-refractivity contribution in [1.29, 1.82) is 0 Å². The van der Waals surface area contributed by atoms with Crippen LogP contribution in [-0.2, 0) is 11.3 Å². The number of hydrogen-bond acceptors (Lipinski definition) is 7. The highest BCUT2D eigenvalue weighted by molar-refractivity contribution is 5.85. The number of fused-ring (bicyclic) bond motifs is 1. The lowest BCUT2D eigenvalue weighted by molar-refractivity contribution is -0.125. The van der Waals surface area contributed by atoms with E-state index in [1.54, 1.807) is 19.9 Å². The largest absolute Gasteiger partial charge is 0.465 e. The maximum atomic E-state index is 14.5. The summed E-state index contributed by atoms with van der Waals surface area (Å²) in [4.78, 5) is 61.3.